The third-order valence-corrected chi connectivity index (χ3v) is 2.69. The van der Waals surface area contributed by atoms with Gasteiger partial charge in [0.1, 0.15) is 0 Å². The molecule has 0 heterocycles. The van der Waals surface area contributed by atoms with E-state index >= 15 is 0 Å². The van der Waals surface area contributed by atoms with Gasteiger partial charge in [-0.05, 0) is 36.9 Å². The highest BCUT2D eigenvalue weighted by Gasteiger charge is 2.01. The Hall–Kier alpha value is -0.860. The quantitative estimate of drug-likeness (QED) is 0.748. The van der Waals surface area contributed by atoms with Gasteiger partial charge in [0.05, 0.1) is 0 Å². The monoisotopic (exact) mass is 207 g/mol. The predicted octanol–water partition coefficient (Wildman–Crippen LogP) is 2.10. The molecule has 2 heteroatoms. The summed E-state index contributed by atoms with van der Waals surface area (Å²) in [6, 6.07) is 8.42. The average Bonchev–Trinajstić information content (AvgIpc) is 2.21. The second-order valence-corrected chi connectivity index (χ2v) is 4.17. The first-order valence-corrected chi connectivity index (χ1v) is 5.60. The van der Waals surface area contributed by atoms with Gasteiger partial charge < -0.3 is 10.4 Å². The number of aryl methyl sites for hydroxylation is 1. The molecule has 0 saturated heterocycles. The summed E-state index contributed by atoms with van der Waals surface area (Å²) >= 11 is 0. The summed E-state index contributed by atoms with van der Waals surface area (Å²) in [5.74, 6) is 0.541. The minimum atomic E-state index is 0.285. The van der Waals surface area contributed by atoms with E-state index in [0.717, 1.165) is 19.5 Å². The Bertz CT molecular complexity index is 286. The maximum atomic E-state index is 8.77. The number of hydrogen-bond acceptors (Lipinski definition) is 2. The van der Waals surface area contributed by atoms with Gasteiger partial charge in [0, 0.05) is 13.2 Å². The van der Waals surface area contributed by atoms with E-state index in [9.17, 15) is 0 Å². The highest BCUT2D eigenvalue weighted by atomic mass is 16.3. The fourth-order valence-corrected chi connectivity index (χ4v) is 1.58. The van der Waals surface area contributed by atoms with E-state index in [1.54, 1.807) is 0 Å². The molecule has 0 amide bonds. The topological polar surface area (TPSA) is 32.3 Å². The molecular formula is C13H21NO. The van der Waals surface area contributed by atoms with Crippen molar-refractivity contribution in [2.24, 2.45) is 5.92 Å². The Balaban J connectivity index is 2.29. The minimum absolute atomic E-state index is 0.285. The van der Waals surface area contributed by atoms with Gasteiger partial charge in [-0.15, -0.1) is 0 Å². The first-order valence-electron chi connectivity index (χ1n) is 5.60. The number of hydrogen-bond donors (Lipinski definition) is 2. The molecule has 2 nitrogen and oxygen atoms in total. The van der Waals surface area contributed by atoms with Crippen LogP contribution in [-0.4, -0.2) is 18.3 Å². The summed E-state index contributed by atoms with van der Waals surface area (Å²) in [5, 5.41) is 12.2. The molecule has 0 spiro atoms. The second-order valence-electron chi connectivity index (χ2n) is 4.17. The Morgan fingerprint density at radius 1 is 1.33 bits per heavy atom. The number of benzene rings is 1. The molecule has 1 aromatic rings. The maximum Gasteiger partial charge on any atom is 0.0434 e. The van der Waals surface area contributed by atoms with E-state index in [0.29, 0.717) is 5.92 Å². The summed E-state index contributed by atoms with van der Waals surface area (Å²) < 4.78 is 0. The molecule has 0 aliphatic rings. The van der Waals surface area contributed by atoms with E-state index < -0.39 is 0 Å². The summed E-state index contributed by atoms with van der Waals surface area (Å²) in [7, 11) is 0. The highest BCUT2D eigenvalue weighted by Crippen LogP contribution is 2.06. The van der Waals surface area contributed by atoms with Crippen LogP contribution in [0.5, 0.6) is 0 Å². The van der Waals surface area contributed by atoms with Crippen LogP contribution in [0.15, 0.2) is 24.3 Å². The van der Waals surface area contributed by atoms with Crippen LogP contribution < -0.4 is 5.32 Å². The lowest BCUT2D eigenvalue weighted by molar-refractivity contribution is 0.260. The Morgan fingerprint density at radius 2 is 2.07 bits per heavy atom. The van der Waals surface area contributed by atoms with E-state index in [4.69, 9.17) is 5.11 Å². The molecule has 15 heavy (non-hydrogen) atoms. The van der Waals surface area contributed by atoms with Crippen molar-refractivity contribution in [1.29, 1.82) is 0 Å². The molecule has 0 fully saturated rings. The zero-order valence-electron chi connectivity index (χ0n) is 9.66. The number of aliphatic hydroxyl groups excluding tert-OH is 1. The van der Waals surface area contributed by atoms with Crippen LogP contribution in [-0.2, 0) is 6.54 Å². The average molecular weight is 207 g/mol. The van der Waals surface area contributed by atoms with Crippen molar-refractivity contribution < 1.29 is 5.11 Å². The van der Waals surface area contributed by atoms with Gasteiger partial charge in [-0.1, -0.05) is 31.2 Å². The molecule has 1 rings (SSSR count). The van der Waals surface area contributed by atoms with E-state index in [1.807, 2.05) is 0 Å². The normalized spacial score (nSPS) is 12.7. The summed E-state index contributed by atoms with van der Waals surface area (Å²) in [6.07, 6.45) is 0.876. The maximum absolute atomic E-state index is 8.77. The largest absolute Gasteiger partial charge is 0.396 e. The van der Waals surface area contributed by atoms with Crippen LogP contribution in [0.4, 0.5) is 0 Å². The van der Waals surface area contributed by atoms with Crippen molar-refractivity contribution in [2.75, 3.05) is 13.2 Å². The molecule has 1 unspecified atom stereocenters. The zero-order chi connectivity index (χ0) is 11.1. The molecule has 84 valence electrons. The molecule has 0 saturated carbocycles. The summed E-state index contributed by atoms with van der Waals surface area (Å²) in [4.78, 5) is 0. The molecule has 2 N–H and O–H groups in total. The fraction of sp³-hybridized carbons (Fsp3) is 0.538. The highest BCUT2D eigenvalue weighted by molar-refractivity contribution is 5.25. The lowest BCUT2D eigenvalue weighted by atomic mass is 10.1. The van der Waals surface area contributed by atoms with E-state index in [2.05, 4.69) is 43.4 Å². The number of aliphatic hydroxyl groups is 1. The Morgan fingerprint density at radius 3 is 2.73 bits per heavy atom. The van der Waals surface area contributed by atoms with Crippen molar-refractivity contribution in [3.05, 3.63) is 35.4 Å². The second kappa shape index (κ2) is 6.59. The summed E-state index contributed by atoms with van der Waals surface area (Å²) in [5.41, 5.74) is 2.69. The van der Waals surface area contributed by atoms with Crippen LogP contribution in [0.25, 0.3) is 0 Å². The van der Waals surface area contributed by atoms with Crippen LogP contribution in [0.1, 0.15) is 24.5 Å². The number of rotatable bonds is 6. The van der Waals surface area contributed by atoms with Gasteiger partial charge in [0.2, 0.25) is 0 Å². The first kappa shape index (κ1) is 12.2. The van der Waals surface area contributed by atoms with Crippen LogP contribution in [0.3, 0.4) is 0 Å². The van der Waals surface area contributed by atoms with E-state index in [-0.39, 0.29) is 6.61 Å². The molecule has 1 aromatic carbocycles. The SMILES string of the molecule is Cc1ccccc1CNCC(C)CCO. The molecule has 0 aliphatic heterocycles. The van der Waals surface area contributed by atoms with Crippen molar-refractivity contribution in [3.63, 3.8) is 0 Å². The van der Waals surface area contributed by atoms with Gasteiger partial charge >= 0.3 is 0 Å². The van der Waals surface area contributed by atoms with Gasteiger partial charge in [0.25, 0.3) is 0 Å². The van der Waals surface area contributed by atoms with Crippen molar-refractivity contribution >= 4 is 0 Å². The molecule has 0 bridgehead atoms. The summed E-state index contributed by atoms with van der Waals surface area (Å²) in [6.45, 7) is 6.46. The Labute approximate surface area is 92.3 Å². The van der Waals surface area contributed by atoms with Gasteiger partial charge in [-0.25, -0.2) is 0 Å². The first-order chi connectivity index (χ1) is 7.24. The molecule has 1 atom stereocenters. The molecule has 0 aliphatic carbocycles. The van der Waals surface area contributed by atoms with Crippen LogP contribution in [0.2, 0.25) is 0 Å². The van der Waals surface area contributed by atoms with Gasteiger partial charge in [-0.3, -0.25) is 0 Å². The smallest absolute Gasteiger partial charge is 0.0434 e. The minimum Gasteiger partial charge on any atom is -0.396 e. The fourth-order valence-electron chi connectivity index (χ4n) is 1.58. The molecule has 0 aromatic heterocycles. The van der Waals surface area contributed by atoms with Crippen molar-refractivity contribution in [2.45, 2.75) is 26.8 Å². The lowest BCUT2D eigenvalue weighted by Crippen LogP contribution is -2.21. The van der Waals surface area contributed by atoms with Gasteiger partial charge in [0.15, 0.2) is 0 Å². The van der Waals surface area contributed by atoms with Crippen LogP contribution in [0, 0.1) is 12.8 Å². The van der Waals surface area contributed by atoms with Crippen molar-refractivity contribution in [1.82, 2.24) is 5.32 Å². The van der Waals surface area contributed by atoms with Gasteiger partial charge in [-0.2, -0.15) is 0 Å². The van der Waals surface area contributed by atoms with Crippen molar-refractivity contribution in [3.8, 4) is 0 Å². The Kier molecular flexibility index (Phi) is 5.37. The molecular weight excluding hydrogens is 186 g/mol. The number of nitrogens with one attached hydrogen (secondary N) is 1. The third-order valence-electron chi connectivity index (χ3n) is 2.69. The van der Waals surface area contributed by atoms with E-state index in [1.165, 1.54) is 11.1 Å². The lowest BCUT2D eigenvalue weighted by Gasteiger charge is -2.12. The zero-order valence-corrected chi connectivity index (χ0v) is 9.66. The van der Waals surface area contributed by atoms with Crippen LogP contribution >= 0.6 is 0 Å². The standard InChI is InChI=1S/C13H21NO/c1-11(7-8-15)9-14-10-13-6-4-3-5-12(13)2/h3-6,11,14-15H,7-10H2,1-2H3. The third kappa shape index (κ3) is 4.45. The molecule has 0 radical (unpaired) electrons. The predicted molar refractivity (Wildman–Crippen MR) is 63.8 cm³/mol.